The van der Waals surface area contributed by atoms with Gasteiger partial charge in [0.15, 0.2) is 0 Å². The van der Waals surface area contributed by atoms with Gasteiger partial charge in [-0.05, 0) is 23.3 Å². The third kappa shape index (κ3) is 3.49. The highest BCUT2D eigenvalue weighted by Crippen LogP contribution is 2.46. The third-order valence-electron chi connectivity index (χ3n) is 3.63. The molecule has 0 radical (unpaired) electrons. The van der Waals surface area contributed by atoms with Gasteiger partial charge in [0.25, 0.3) is 0 Å². The summed E-state index contributed by atoms with van der Waals surface area (Å²) >= 11 is 0. The van der Waals surface area contributed by atoms with Gasteiger partial charge >= 0.3 is 7.75 Å². The number of nitrogens with two attached hydrogens (primary N) is 1. The fourth-order valence-electron chi connectivity index (χ4n) is 2.69. The van der Waals surface area contributed by atoms with Gasteiger partial charge in [-0.1, -0.05) is 60.7 Å². The van der Waals surface area contributed by atoms with Gasteiger partial charge in [-0.15, -0.1) is 0 Å². The van der Waals surface area contributed by atoms with Gasteiger partial charge in [-0.25, -0.2) is 4.57 Å². The fourth-order valence-corrected chi connectivity index (χ4v) is 3.19. The molecule has 24 heavy (non-hydrogen) atoms. The maximum absolute atomic E-state index is 11.5. The summed E-state index contributed by atoms with van der Waals surface area (Å²) in [6, 6.07) is 22.1. The second kappa shape index (κ2) is 6.49. The summed E-state index contributed by atoms with van der Waals surface area (Å²) in [5, 5.41) is 2.30. The largest absolute Gasteiger partial charge is 0.427 e. The molecule has 5 N–H and O–H groups in total. The van der Waals surface area contributed by atoms with Gasteiger partial charge in [0.2, 0.25) is 0 Å². The SMILES string of the molecule is Nc1ccc(NP(=O)(O)O)c(-c2ccccc2)c1-c1ccccc1. The van der Waals surface area contributed by atoms with Crippen LogP contribution in [0.1, 0.15) is 0 Å². The van der Waals surface area contributed by atoms with E-state index in [1.165, 1.54) is 0 Å². The summed E-state index contributed by atoms with van der Waals surface area (Å²) in [5.41, 5.74) is 10.2. The molecule has 0 fully saturated rings. The highest BCUT2D eigenvalue weighted by molar-refractivity contribution is 7.53. The van der Waals surface area contributed by atoms with Crippen molar-refractivity contribution >= 4 is 19.1 Å². The molecule has 0 bridgehead atoms. The molecule has 0 saturated heterocycles. The Labute approximate surface area is 140 Å². The molecule has 0 atom stereocenters. The lowest BCUT2D eigenvalue weighted by Crippen LogP contribution is -2.01. The Morgan fingerprint density at radius 2 is 1.25 bits per heavy atom. The second-order valence-corrected chi connectivity index (χ2v) is 6.65. The van der Waals surface area contributed by atoms with Crippen molar-refractivity contribution in [1.82, 2.24) is 0 Å². The van der Waals surface area contributed by atoms with E-state index in [0.717, 1.165) is 16.7 Å². The van der Waals surface area contributed by atoms with Crippen LogP contribution in [0.15, 0.2) is 72.8 Å². The number of nitrogen functional groups attached to an aromatic ring is 1. The predicted octanol–water partition coefficient (Wildman–Crippen LogP) is 4.11. The number of benzene rings is 3. The minimum atomic E-state index is -4.45. The molecule has 0 heterocycles. The Balaban J connectivity index is 2.32. The van der Waals surface area contributed by atoms with Gasteiger partial charge in [0.05, 0.1) is 5.69 Å². The minimum Gasteiger partial charge on any atom is -0.398 e. The zero-order chi connectivity index (χ0) is 17.2. The van der Waals surface area contributed by atoms with Crippen molar-refractivity contribution in [3.63, 3.8) is 0 Å². The van der Waals surface area contributed by atoms with Crippen molar-refractivity contribution in [3.8, 4) is 22.3 Å². The Bertz CT molecular complexity index is 893. The number of hydrogen-bond acceptors (Lipinski definition) is 2. The molecule has 0 aromatic heterocycles. The molecule has 0 aliphatic rings. The summed E-state index contributed by atoms with van der Waals surface area (Å²) in [4.78, 5) is 18.7. The maximum Gasteiger partial charge on any atom is 0.427 e. The molecule has 0 saturated carbocycles. The molecule has 5 nitrogen and oxygen atoms in total. The van der Waals surface area contributed by atoms with E-state index in [1.807, 2.05) is 60.7 Å². The maximum atomic E-state index is 11.5. The van der Waals surface area contributed by atoms with Crippen LogP contribution < -0.4 is 10.8 Å². The van der Waals surface area contributed by atoms with Crippen LogP contribution >= 0.6 is 7.75 Å². The normalized spacial score (nSPS) is 11.2. The molecule has 0 unspecified atom stereocenters. The van der Waals surface area contributed by atoms with Gasteiger partial charge in [0, 0.05) is 16.8 Å². The molecule has 0 aliphatic carbocycles. The van der Waals surface area contributed by atoms with Crippen molar-refractivity contribution in [2.24, 2.45) is 0 Å². The lowest BCUT2D eigenvalue weighted by Gasteiger charge is -2.19. The fraction of sp³-hybridized carbons (Fsp3) is 0. The summed E-state index contributed by atoms with van der Waals surface area (Å²) in [6.07, 6.45) is 0. The molecular weight excluding hydrogens is 323 g/mol. The smallest absolute Gasteiger partial charge is 0.398 e. The first-order valence-electron chi connectivity index (χ1n) is 7.33. The predicted molar refractivity (Wildman–Crippen MR) is 97.4 cm³/mol. The van der Waals surface area contributed by atoms with Crippen LogP contribution in [0.3, 0.4) is 0 Å². The van der Waals surface area contributed by atoms with Gasteiger partial charge in [-0.2, -0.15) is 0 Å². The number of rotatable bonds is 4. The number of anilines is 2. The van der Waals surface area contributed by atoms with Crippen LogP contribution in [0.4, 0.5) is 11.4 Å². The van der Waals surface area contributed by atoms with E-state index in [0.29, 0.717) is 16.9 Å². The number of nitrogens with one attached hydrogen (secondary N) is 1. The topological polar surface area (TPSA) is 95.6 Å². The first-order chi connectivity index (χ1) is 11.5. The molecule has 0 spiro atoms. The molecule has 3 rings (SSSR count). The van der Waals surface area contributed by atoms with Crippen LogP contribution in [0.2, 0.25) is 0 Å². The third-order valence-corrected chi connectivity index (χ3v) is 4.16. The summed E-state index contributed by atoms with van der Waals surface area (Å²) in [7, 11) is -4.45. The van der Waals surface area contributed by atoms with Crippen LogP contribution in [0.25, 0.3) is 22.3 Å². The summed E-state index contributed by atoms with van der Waals surface area (Å²) in [5.74, 6) is 0. The van der Waals surface area contributed by atoms with E-state index in [9.17, 15) is 14.4 Å². The molecular formula is C18H17N2O3P. The first kappa shape index (κ1) is 16.3. The average molecular weight is 340 g/mol. The summed E-state index contributed by atoms with van der Waals surface area (Å²) < 4.78 is 11.5. The van der Waals surface area contributed by atoms with Crippen molar-refractivity contribution in [3.05, 3.63) is 72.8 Å². The molecule has 0 aliphatic heterocycles. The quantitative estimate of drug-likeness (QED) is 0.423. The van der Waals surface area contributed by atoms with Crippen molar-refractivity contribution in [2.45, 2.75) is 0 Å². The summed E-state index contributed by atoms with van der Waals surface area (Å²) in [6.45, 7) is 0. The Morgan fingerprint density at radius 1 is 0.750 bits per heavy atom. The highest BCUT2D eigenvalue weighted by Gasteiger charge is 2.20. The van der Waals surface area contributed by atoms with Crippen molar-refractivity contribution < 1.29 is 14.4 Å². The average Bonchev–Trinajstić information content (AvgIpc) is 2.56. The lowest BCUT2D eigenvalue weighted by atomic mass is 9.92. The van der Waals surface area contributed by atoms with Gasteiger partial charge in [-0.3, -0.25) is 5.09 Å². The zero-order valence-electron chi connectivity index (χ0n) is 12.8. The Hall–Kier alpha value is -2.59. The van der Waals surface area contributed by atoms with E-state index in [1.54, 1.807) is 12.1 Å². The lowest BCUT2D eigenvalue weighted by molar-refractivity contribution is 0.380. The molecule has 6 heteroatoms. The van der Waals surface area contributed by atoms with E-state index in [2.05, 4.69) is 5.09 Å². The van der Waals surface area contributed by atoms with Gasteiger partial charge in [0.1, 0.15) is 0 Å². The molecule has 3 aromatic carbocycles. The molecule has 122 valence electrons. The van der Waals surface area contributed by atoms with E-state index < -0.39 is 7.75 Å². The number of hydrogen-bond donors (Lipinski definition) is 4. The first-order valence-corrected chi connectivity index (χ1v) is 8.94. The highest BCUT2D eigenvalue weighted by atomic mass is 31.2. The molecule has 3 aromatic rings. The standard InChI is InChI=1S/C18H17N2O3P/c19-15-11-12-16(20-24(21,22)23)18(14-9-5-2-6-10-14)17(15)13-7-3-1-4-8-13/h1-12H,19H2,(H3,20,21,22,23). The minimum absolute atomic E-state index is 0.336. The Kier molecular flexibility index (Phi) is 4.40. The van der Waals surface area contributed by atoms with Crippen LogP contribution in [-0.2, 0) is 4.57 Å². The van der Waals surface area contributed by atoms with Crippen LogP contribution in [0, 0.1) is 0 Å². The zero-order valence-corrected chi connectivity index (χ0v) is 13.6. The van der Waals surface area contributed by atoms with Crippen LogP contribution in [0.5, 0.6) is 0 Å². The van der Waals surface area contributed by atoms with Gasteiger partial charge < -0.3 is 15.5 Å². The Morgan fingerprint density at radius 3 is 1.75 bits per heavy atom. The second-order valence-electron chi connectivity index (χ2n) is 5.34. The monoisotopic (exact) mass is 340 g/mol. The van der Waals surface area contributed by atoms with E-state index >= 15 is 0 Å². The van der Waals surface area contributed by atoms with E-state index in [4.69, 9.17) is 5.73 Å². The molecule has 0 amide bonds. The van der Waals surface area contributed by atoms with Crippen molar-refractivity contribution in [1.29, 1.82) is 0 Å². The van der Waals surface area contributed by atoms with Crippen LogP contribution in [-0.4, -0.2) is 9.79 Å². The van der Waals surface area contributed by atoms with Crippen molar-refractivity contribution in [2.75, 3.05) is 10.8 Å². The van der Waals surface area contributed by atoms with E-state index in [-0.39, 0.29) is 0 Å².